The van der Waals surface area contributed by atoms with E-state index in [4.69, 9.17) is 11.6 Å². The zero-order valence-corrected chi connectivity index (χ0v) is 8.15. The van der Waals surface area contributed by atoms with E-state index in [1.165, 1.54) is 0 Å². The fourth-order valence-corrected chi connectivity index (χ4v) is 1.56. The second-order valence-corrected chi connectivity index (χ2v) is 3.41. The minimum Gasteiger partial charge on any atom is -0.506 e. The highest BCUT2D eigenvalue weighted by molar-refractivity contribution is 6.32. The molecule has 0 aromatic heterocycles. The zero-order chi connectivity index (χ0) is 9.14. The van der Waals surface area contributed by atoms with Crippen molar-refractivity contribution in [1.29, 1.82) is 0 Å². The minimum atomic E-state index is 0.240. The van der Waals surface area contributed by atoms with Crippen molar-refractivity contribution in [3.63, 3.8) is 0 Å². The van der Waals surface area contributed by atoms with Crippen LogP contribution in [0.15, 0.2) is 12.1 Å². The van der Waals surface area contributed by atoms with Crippen molar-refractivity contribution in [3.05, 3.63) is 28.3 Å². The number of aromatic hydroxyl groups is 1. The fraction of sp³-hybridized carbons (Fsp3) is 0.400. The van der Waals surface area contributed by atoms with Gasteiger partial charge in [-0.15, -0.1) is 0 Å². The molecule has 0 bridgehead atoms. The molecule has 0 saturated carbocycles. The maximum atomic E-state index is 9.52. The van der Waals surface area contributed by atoms with E-state index in [0.29, 0.717) is 5.02 Å². The number of hydrogen-bond acceptors (Lipinski definition) is 1. The standard InChI is InChI=1S/C10H13ClO/c1-3-4-8-5-7(2)6-9(11)10(8)12/h5-6,12H,3-4H2,1-2H3. The third kappa shape index (κ3) is 1.92. The first kappa shape index (κ1) is 9.40. The molecular weight excluding hydrogens is 172 g/mol. The van der Waals surface area contributed by atoms with Crippen LogP contribution in [0.4, 0.5) is 0 Å². The Bertz CT molecular complexity index is 281. The number of phenols is 1. The summed E-state index contributed by atoms with van der Waals surface area (Å²) in [6, 6.07) is 3.75. The lowest BCUT2D eigenvalue weighted by Gasteiger charge is -2.05. The minimum absolute atomic E-state index is 0.240. The first-order valence-corrected chi connectivity index (χ1v) is 4.51. The van der Waals surface area contributed by atoms with Crippen LogP contribution < -0.4 is 0 Å². The topological polar surface area (TPSA) is 20.2 Å². The van der Waals surface area contributed by atoms with Gasteiger partial charge in [-0.1, -0.05) is 31.0 Å². The maximum Gasteiger partial charge on any atom is 0.137 e. The Hall–Kier alpha value is -0.690. The van der Waals surface area contributed by atoms with Crippen LogP contribution in [0.25, 0.3) is 0 Å². The average molecular weight is 185 g/mol. The predicted octanol–water partition coefficient (Wildman–Crippen LogP) is 3.31. The third-order valence-electron chi connectivity index (χ3n) is 1.81. The molecule has 0 heterocycles. The summed E-state index contributed by atoms with van der Waals surface area (Å²) in [7, 11) is 0. The molecule has 0 aliphatic rings. The van der Waals surface area contributed by atoms with Crippen LogP contribution in [0.3, 0.4) is 0 Å². The summed E-state index contributed by atoms with van der Waals surface area (Å²) in [5.41, 5.74) is 2.05. The molecule has 2 heteroatoms. The second kappa shape index (κ2) is 3.81. The quantitative estimate of drug-likeness (QED) is 0.748. The van der Waals surface area contributed by atoms with E-state index in [0.717, 1.165) is 24.0 Å². The van der Waals surface area contributed by atoms with Gasteiger partial charge in [0.2, 0.25) is 0 Å². The molecule has 1 aromatic rings. The van der Waals surface area contributed by atoms with E-state index in [1.807, 2.05) is 13.0 Å². The molecular formula is C10H13ClO. The van der Waals surface area contributed by atoms with Crippen molar-refractivity contribution < 1.29 is 5.11 Å². The van der Waals surface area contributed by atoms with Gasteiger partial charge in [-0.2, -0.15) is 0 Å². The maximum absolute atomic E-state index is 9.52. The molecule has 0 amide bonds. The molecule has 66 valence electrons. The summed E-state index contributed by atoms with van der Waals surface area (Å²) in [5, 5.41) is 9.98. The molecule has 0 spiro atoms. The highest BCUT2D eigenvalue weighted by Crippen LogP contribution is 2.29. The Balaban J connectivity index is 3.09. The normalized spacial score (nSPS) is 10.2. The summed E-state index contributed by atoms with van der Waals surface area (Å²) in [4.78, 5) is 0. The number of halogens is 1. The van der Waals surface area contributed by atoms with Gasteiger partial charge in [0, 0.05) is 0 Å². The molecule has 0 atom stereocenters. The molecule has 1 aromatic carbocycles. The van der Waals surface area contributed by atoms with Crippen molar-refractivity contribution in [3.8, 4) is 5.75 Å². The van der Waals surface area contributed by atoms with Crippen LogP contribution in [0.2, 0.25) is 5.02 Å². The largest absolute Gasteiger partial charge is 0.506 e. The number of aryl methyl sites for hydroxylation is 2. The van der Waals surface area contributed by atoms with Crippen LogP contribution >= 0.6 is 11.6 Å². The van der Waals surface area contributed by atoms with Crippen LogP contribution in [0.5, 0.6) is 5.75 Å². The Morgan fingerprint density at radius 1 is 1.42 bits per heavy atom. The van der Waals surface area contributed by atoms with E-state index < -0.39 is 0 Å². The van der Waals surface area contributed by atoms with Gasteiger partial charge >= 0.3 is 0 Å². The number of hydrogen-bond donors (Lipinski definition) is 1. The van der Waals surface area contributed by atoms with Crippen molar-refractivity contribution >= 4 is 11.6 Å². The molecule has 12 heavy (non-hydrogen) atoms. The molecule has 0 aliphatic heterocycles. The van der Waals surface area contributed by atoms with Crippen LogP contribution in [0.1, 0.15) is 24.5 Å². The van der Waals surface area contributed by atoms with Gasteiger partial charge in [-0.25, -0.2) is 0 Å². The summed E-state index contributed by atoms with van der Waals surface area (Å²) in [6.07, 6.45) is 1.90. The lowest BCUT2D eigenvalue weighted by molar-refractivity contribution is 0.467. The van der Waals surface area contributed by atoms with Gasteiger partial charge < -0.3 is 5.11 Å². The van der Waals surface area contributed by atoms with Gasteiger partial charge in [0.1, 0.15) is 5.75 Å². The number of rotatable bonds is 2. The smallest absolute Gasteiger partial charge is 0.137 e. The summed E-state index contributed by atoms with van der Waals surface area (Å²) in [5.74, 6) is 0.240. The number of phenolic OH excluding ortho intramolecular Hbond substituents is 1. The SMILES string of the molecule is CCCc1cc(C)cc(Cl)c1O. The summed E-state index contributed by atoms with van der Waals surface area (Å²) in [6.45, 7) is 4.06. The molecule has 0 saturated heterocycles. The van der Waals surface area contributed by atoms with E-state index in [-0.39, 0.29) is 5.75 Å². The summed E-state index contributed by atoms with van der Waals surface area (Å²) >= 11 is 5.80. The molecule has 0 unspecified atom stereocenters. The second-order valence-electron chi connectivity index (χ2n) is 3.00. The number of benzene rings is 1. The van der Waals surface area contributed by atoms with Gasteiger partial charge in [0.05, 0.1) is 5.02 Å². The molecule has 0 radical (unpaired) electrons. The highest BCUT2D eigenvalue weighted by atomic mass is 35.5. The third-order valence-corrected chi connectivity index (χ3v) is 2.09. The summed E-state index contributed by atoms with van der Waals surface area (Å²) < 4.78 is 0. The van der Waals surface area contributed by atoms with E-state index in [9.17, 15) is 5.11 Å². The molecule has 1 N–H and O–H groups in total. The lowest BCUT2D eigenvalue weighted by atomic mass is 10.1. The Morgan fingerprint density at radius 2 is 2.08 bits per heavy atom. The van der Waals surface area contributed by atoms with Crippen LogP contribution in [-0.2, 0) is 6.42 Å². The zero-order valence-electron chi connectivity index (χ0n) is 7.39. The van der Waals surface area contributed by atoms with Crippen LogP contribution in [-0.4, -0.2) is 5.11 Å². The first-order chi connectivity index (χ1) is 5.65. The van der Waals surface area contributed by atoms with Crippen molar-refractivity contribution in [2.45, 2.75) is 26.7 Å². The predicted molar refractivity (Wildman–Crippen MR) is 51.8 cm³/mol. The van der Waals surface area contributed by atoms with E-state index in [2.05, 4.69) is 6.92 Å². The van der Waals surface area contributed by atoms with Gasteiger partial charge in [0.25, 0.3) is 0 Å². The van der Waals surface area contributed by atoms with Crippen LogP contribution in [0, 0.1) is 6.92 Å². The Labute approximate surface area is 78.0 Å². The van der Waals surface area contributed by atoms with Crippen molar-refractivity contribution in [1.82, 2.24) is 0 Å². The average Bonchev–Trinajstić information content (AvgIpc) is 2.00. The molecule has 1 nitrogen and oxygen atoms in total. The van der Waals surface area contributed by atoms with Gasteiger partial charge in [-0.05, 0) is 30.5 Å². The highest BCUT2D eigenvalue weighted by Gasteiger charge is 2.05. The lowest BCUT2D eigenvalue weighted by Crippen LogP contribution is -1.86. The van der Waals surface area contributed by atoms with Gasteiger partial charge in [-0.3, -0.25) is 0 Å². The Kier molecular flexibility index (Phi) is 2.99. The molecule has 0 aliphatic carbocycles. The molecule has 1 rings (SSSR count). The molecule has 0 fully saturated rings. The van der Waals surface area contributed by atoms with Crippen molar-refractivity contribution in [2.75, 3.05) is 0 Å². The van der Waals surface area contributed by atoms with E-state index in [1.54, 1.807) is 6.07 Å². The Morgan fingerprint density at radius 3 is 2.67 bits per heavy atom. The van der Waals surface area contributed by atoms with Crippen molar-refractivity contribution in [2.24, 2.45) is 0 Å². The van der Waals surface area contributed by atoms with E-state index >= 15 is 0 Å². The van der Waals surface area contributed by atoms with Gasteiger partial charge in [0.15, 0.2) is 0 Å². The monoisotopic (exact) mass is 184 g/mol. The first-order valence-electron chi connectivity index (χ1n) is 4.13. The fourth-order valence-electron chi connectivity index (χ4n) is 1.27.